The molecule has 0 spiro atoms. The monoisotopic (exact) mass is 1040 g/mol. The Morgan fingerprint density at radius 3 is 0.507 bits per heavy atom. The zero-order valence-corrected chi connectivity index (χ0v) is 48.6. The summed E-state index contributed by atoms with van der Waals surface area (Å²) in [5.41, 5.74) is 0. The summed E-state index contributed by atoms with van der Waals surface area (Å²) in [6.45, 7) is 14.1. The minimum absolute atomic E-state index is 0.994. The van der Waals surface area contributed by atoms with Gasteiger partial charge in [0.1, 0.15) is 0 Å². The van der Waals surface area contributed by atoms with Crippen LogP contribution in [0.15, 0.2) is 243 Å². The van der Waals surface area contributed by atoms with Crippen molar-refractivity contribution >= 4 is 92.0 Å². The first-order valence-corrected chi connectivity index (χ1v) is 38.6. The molecule has 5 nitrogen and oxygen atoms in total. The summed E-state index contributed by atoms with van der Waals surface area (Å²) in [5, 5.41) is 9.18. The molecule has 11 heteroatoms. The van der Waals surface area contributed by atoms with E-state index in [1.54, 1.807) is 0 Å². The lowest BCUT2D eigenvalue weighted by Gasteiger charge is -2.52. The molecule has 0 radical (unpaired) electrons. The van der Waals surface area contributed by atoms with Crippen LogP contribution in [0.25, 0.3) is 0 Å². The van der Waals surface area contributed by atoms with E-state index in [1.165, 1.54) is 20.7 Å². The van der Waals surface area contributed by atoms with E-state index in [9.17, 15) is 4.12 Å². The molecule has 0 aromatic heterocycles. The molecule has 0 saturated heterocycles. The van der Waals surface area contributed by atoms with E-state index in [1.807, 2.05) is 0 Å². The van der Waals surface area contributed by atoms with E-state index >= 15 is 0 Å². The summed E-state index contributed by atoms with van der Waals surface area (Å²) in [6, 6.07) is 94.8. The molecule has 0 heterocycles. The number of nitrogens with one attached hydrogen (secondary N) is 2. The van der Waals surface area contributed by atoms with Gasteiger partial charge in [-0.25, -0.2) is 0 Å². The molecule has 8 aromatic carbocycles. The molecule has 364 valence electrons. The van der Waals surface area contributed by atoms with Gasteiger partial charge in [0.25, 0.3) is 0 Å². The van der Waals surface area contributed by atoms with Crippen molar-refractivity contribution < 1.29 is 12.3 Å². The van der Waals surface area contributed by atoms with Gasteiger partial charge in [-0.2, -0.15) is 0 Å². The molecule has 0 fully saturated rings. The van der Waals surface area contributed by atoms with E-state index in [-0.39, 0.29) is 0 Å². The normalized spacial score (nSPS) is 12.7. The van der Waals surface area contributed by atoms with E-state index in [0.29, 0.717) is 0 Å². The lowest BCUT2D eigenvalue weighted by atomic mass is 10.4. The molecule has 2 N–H and O–H groups in total. The highest BCUT2D eigenvalue weighted by Gasteiger charge is 2.62. The number of hydrogen-bond acceptors (Lipinski definition) is 5. The molecular formula is C60H72N2O3Si6. The Morgan fingerprint density at radius 1 is 0.225 bits per heavy atom. The predicted molar refractivity (Wildman–Crippen MR) is 316 cm³/mol. The maximum Gasteiger partial charge on any atom is 0.322 e. The van der Waals surface area contributed by atoms with E-state index in [2.05, 4.69) is 284 Å². The van der Waals surface area contributed by atoms with Gasteiger partial charge in [0.15, 0.2) is 16.6 Å². The predicted octanol–water partition coefficient (Wildman–Crippen LogP) is 9.25. The summed E-state index contributed by atoms with van der Waals surface area (Å²) in [5.74, 6) is 0. The maximum absolute atomic E-state index is 9.19. The Balaban J connectivity index is 1.57. The standard InChI is InChI=1S/C60H72N2O3Si6/c1-7-66(8-2,9-3)63-68(53-37-21-13-22-38-53,54-39-23-14-24-40-54)61-70(57-45-29-17-30-46-57,58-47-31-18-32-48-58)65-71(59-49-33-19-34-50-59,60-51-35-20-36-52-60)62-69(55-41-25-15-26-42-55,56-43-27-16-28-44-56)64-67(10-4,11-5)12-6/h13-52,61-62H,7-12H2,1-6H3. The van der Waals surface area contributed by atoms with E-state index in [4.69, 9.17) is 17.5 Å². The van der Waals surface area contributed by atoms with Crippen LogP contribution in [-0.2, 0) is 12.3 Å². The summed E-state index contributed by atoms with van der Waals surface area (Å²) in [7, 11) is -19.7. The van der Waals surface area contributed by atoms with Crippen molar-refractivity contribution in [3.63, 3.8) is 0 Å². The molecule has 0 bridgehead atoms. The van der Waals surface area contributed by atoms with Gasteiger partial charge in [0.2, 0.25) is 0 Å². The van der Waals surface area contributed by atoms with Crippen molar-refractivity contribution in [3.8, 4) is 0 Å². The second-order valence-electron chi connectivity index (χ2n) is 18.7. The van der Waals surface area contributed by atoms with Gasteiger partial charge in [-0.15, -0.1) is 0 Å². The molecule has 0 aliphatic rings. The van der Waals surface area contributed by atoms with E-state index < -0.39 is 50.6 Å². The molecule has 8 rings (SSSR count). The van der Waals surface area contributed by atoms with Crippen molar-refractivity contribution in [1.29, 1.82) is 0 Å². The largest absolute Gasteiger partial charge is 0.438 e. The molecule has 0 atom stereocenters. The van der Waals surface area contributed by atoms with Gasteiger partial charge in [0, 0.05) is 0 Å². The van der Waals surface area contributed by atoms with Crippen molar-refractivity contribution in [3.05, 3.63) is 243 Å². The number of rotatable bonds is 24. The zero-order chi connectivity index (χ0) is 49.7. The first-order chi connectivity index (χ1) is 34.7. The molecular weight excluding hydrogens is 965 g/mol. The summed E-state index contributed by atoms with van der Waals surface area (Å²) >= 11 is 0. The summed E-state index contributed by atoms with van der Waals surface area (Å²) in [4.78, 5) is 0. The van der Waals surface area contributed by atoms with Crippen LogP contribution in [0, 0.1) is 0 Å². The maximum atomic E-state index is 9.19. The van der Waals surface area contributed by atoms with Crippen molar-refractivity contribution in [1.82, 2.24) is 9.30 Å². The van der Waals surface area contributed by atoms with Gasteiger partial charge in [-0.3, -0.25) is 0 Å². The van der Waals surface area contributed by atoms with Crippen LogP contribution in [0.1, 0.15) is 41.5 Å². The van der Waals surface area contributed by atoms with Crippen LogP contribution in [-0.4, -0.2) is 50.6 Å². The molecule has 71 heavy (non-hydrogen) atoms. The number of benzene rings is 8. The van der Waals surface area contributed by atoms with E-state index in [0.717, 1.165) is 57.0 Å². The van der Waals surface area contributed by atoms with Crippen LogP contribution >= 0.6 is 0 Å². The smallest absolute Gasteiger partial charge is 0.322 e. The Labute approximate surface area is 431 Å². The van der Waals surface area contributed by atoms with Crippen LogP contribution in [0.5, 0.6) is 0 Å². The first-order valence-electron chi connectivity index (χ1n) is 25.9. The third-order valence-electron chi connectivity index (χ3n) is 15.1. The highest BCUT2D eigenvalue weighted by Crippen LogP contribution is 2.30. The molecule has 0 aliphatic carbocycles. The molecule has 0 saturated carbocycles. The van der Waals surface area contributed by atoms with Gasteiger partial charge >= 0.3 is 33.9 Å². The molecule has 0 amide bonds. The van der Waals surface area contributed by atoms with Gasteiger partial charge < -0.3 is 21.6 Å². The Bertz CT molecular complexity index is 2440. The Kier molecular flexibility index (Phi) is 17.4. The van der Waals surface area contributed by atoms with Crippen LogP contribution in [0.3, 0.4) is 0 Å². The van der Waals surface area contributed by atoms with Gasteiger partial charge in [-0.1, -0.05) is 284 Å². The zero-order valence-electron chi connectivity index (χ0n) is 42.6. The fraction of sp³-hybridized carbons (Fsp3) is 0.200. The molecule has 8 aromatic rings. The Hall–Kier alpha value is -5.14. The van der Waals surface area contributed by atoms with Crippen molar-refractivity contribution in [2.75, 3.05) is 0 Å². The Morgan fingerprint density at radius 2 is 0.366 bits per heavy atom. The van der Waals surface area contributed by atoms with Crippen LogP contribution < -0.4 is 50.8 Å². The van der Waals surface area contributed by atoms with Gasteiger partial charge in [-0.05, 0) is 77.8 Å². The summed E-state index contributed by atoms with van der Waals surface area (Å²) in [6.07, 6.45) is 0. The highest BCUT2D eigenvalue weighted by molar-refractivity contribution is 7.18. The fourth-order valence-electron chi connectivity index (χ4n) is 10.5. The third kappa shape index (κ3) is 10.7. The average Bonchev–Trinajstić information content (AvgIpc) is 3.47. The first kappa shape index (κ1) is 52.2. The van der Waals surface area contributed by atoms with Crippen LogP contribution in [0.2, 0.25) is 36.3 Å². The molecule has 0 aliphatic heterocycles. The topological polar surface area (TPSA) is 51.8 Å². The quantitative estimate of drug-likeness (QED) is 0.0592. The lowest BCUT2D eigenvalue weighted by Crippen LogP contribution is -2.92. The minimum atomic E-state index is -3.89. The minimum Gasteiger partial charge on any atom is -0.438 e. The van der Waals surface area contributed by atoms with Crippen molar-refractivity contribution in [2.45, 2.75) is 77.8 Å². The van der Waals surface area contributed by atoms with Gasteiger partial charge in [0.05, 0.1) is 0 Å². The second-order valence-corrected chi connectivity index (χ2v) is 42.2. The van der Waals surface area contributed by atoms with Crippen molar-refractivity contribution in [2.24, 2.45) is 0 Å². The second kappa shape index (κ2) is 23.6. The molecule has 0 unspecified atom stereocenters. The SMILES string of the molecule is CC[Si](CC)(CC)O[Si](N[Si](O[Si](N[Si](O[Si](CC)(CC)CC)(c1ccccc1)c1ccccc1)(c1ccccc1)c1ccccc1)(c1ccccc1)c1ccccc1)(c1ccccc1)c1ccccc1. The number of hydrogen-bond donors (Lipinski definition) is 2. The van der Waals surface area contributed by atoms with Crippen LogP contribution in [0.4, 0.5) is 0 Å². The highest BCUT2D eigenvalue weighted by atomic mass is 28.5. The third-order valence-corrected chi connectivity index (χ3v) is 46.0. The lowest BCUT2D eigenvalue weighted by molar-refractivity contribution is 0.503. The average molecular weight is 1040 g/mol. The fourth-order valence-corrected chi connectivity index (χ4v) is 45.6. The summed E-state index contributed by atoms with van der Waals surface area (Å²) < 4.78 is 35.6.